The van der Waals surface area contributed by atoms with E-state index in [-0.39, 0.29) is 12.3 Å². The van der Waals surface area contributed by atoms with Crippen molar-refractivity contribution in [2.75, 3.05) is 18.4 Å². The van der Waals surface area contributed by atoms with Gasteiger partial charge in [-0.3, -0.25) is 14.4 Å². The van der Waals surface area contributed by atoms with Crippen molar-refractivity contribution in [1.82, 2.24) is 15.6 Å². The molecule has 0 radical (unpaired) electrons. The van der Waals surface area contributed by atoms with Gasteiger partial charge in [-0.05, 0) is 0 Å². The zero-order valence-electron chi connectivity index (χ0n) is 10.9. The Morgan fingerprint density at radius 2 is 2.15 bits per heavy atom. The Balaban J connectivity index is 2.64. The Labute approximate surface area is 119 Å². The van der Waals surface area contributed by atoms with Crippen LogP contribution in [0.15, 0.2) is 0 Å². The number of carboxylic acid groups (broad SMARTS) is 1. The van der Waals surface area contributed by atoms with Gasteiger partial charge < -0.3 is 21.1 Å². The second-order valence-corrected chi connectivity index (χ2v) is 4.97. The average molecular weight is 300 g/mol. The molecule has 1 aromatic heterocycles. The van der Waals surface area contributed by atoms with Crippen molar-refractivity contribution in [3.63, 3.8) is 0 Å². The number of aromatic nitrogens is 1. The normalized spacial score (nSPS) is 10.1. The van der Waals surface area contributed by atoms with Gasteiger partial charge in [-0.1, -0.05) is 0 Å². The Hall–Kier alpha value is -2.00. The Morgan fingerprint density at radius 1 is 1.40 bits per heavy atom. The number of aliphatic carboxylic acids is 1. The molecule has 0 spiro atoms. The summed E-state index contributed by atoms with van der Waals surface area (Å²) in [6.07, 6.45) is 0.415. The van der Waals surface area contributed by atoms with E-state index in [0.717, 1.165) is 4.88 Å². The number of nitrogens with zero attached hydrogens (tertiary/aromatic N) is 1. The lowest BCUT2D eigenvalue weighted by molar-refractivity contribution is -0.136. The Kier molecular flexibility index (Phi) is 6.60. The van der Waals surface area contributed by atoms with Gasteiger partial charge in [0.1, 0.15) is 0 Å². The third-order valence-electron chi connectivity index (χ3n) is 2.19. The zero-order valence-corrected chi connectivity index (χ0v) is 11.7. The van der Waals surface area contributed by atoms with Gasteiger partial charge in [-0.15, -0.1) is 11.3 Å². The number of anilines is 1. The number of nitrogens with one attached hydrogen (secondary N) is 3. The van der Waals surface area contributed by atoms with Crippen molar-refractivity contribution in [3.8, 4) is 0 Å². The van der Waals surface area contributed by atoms with Crippen LogP contribution in [0, 0.1) is 0 Å². The predicted molar refractivity (Wildman–Crippen MR) is 73.5 cm³/mol. The molecule has 0 saturated carbocycles. The molecule has 9 heteroatoms. The molecule has 0 aromatic carbocycles. The van der Waals surface area contributed by atoms with Crippen LogP contribution < -0.4 is 16.0 Å². The molecular formula is C11H16N4O4S. The highest BCUT2D eigenvalue weighted by atomic mass is 32.1. The highest BCUT2D eigenvalue weighted by Crippen LogP contribution is 2.23. The van der Waals surface area contributed by atoms with Crippen molar-refractivity contribution in [2.45, 2.75) is 19.9 Å². The van der Waals surface area contributed by atoms with E-state index in [1.54, 1.807) is 0 Å². The van der Waals surface area contributed by atoms with Crippen LogP contribution in [0.1, 0.15) is 17.5 Å². The lowest BCUT2D eigenvalue weighted by atomic mass is 10.2. The molecule has 110 valence electrons. The summed E-state index contributed by atoms with van der Waals surface area (Å²) < 4.78 is 0. The number of thiazole rings is 1. The smallest absolute Gasteiger partial charge is 0.309 e. The molecule has 0 aliphatic carbocycles. The Morgan fingerprint density at radius 3 is 2.75 bits per heavy atom. The number of carbonyl (C=O) groups excluding carboxylic acids is 2. The molecule has 0 saturated heterocycles. The van der Waals surface area contributed by atoms with Gasteiger partial charge in [-0.2, -0.15) is 0 Å². The maximum atomic E-state index is 11.0. The molecule has 0 atom stereocenters. The molecule has 4 N–H and O–H groups in total. The van der Waals surface area contributed by atoms with E-state index in [1.807, 2.05) is 0 Å². The first kappa shape index (κ1) is 16.1. The topological polar surface area (TPSA) is 120 Å². The van der Waals surface area contributed by atoms with Gasteiger partial charge in [0, 0.05) is 31.4 Å². The summed E-state index contributed by atoms with van der Waals surface area (Å²) in [6, 6.07) is 0. The van der Waals surface area contributed by atoms with Crippen molar-refractivity contribution >= 4 is 34.8 Å². The number of rotatable bonds is 9. The molecular weight excluding hydrogens is 284 g/mol. The summed E-state index contributed by atoms with van der Waals surface area (Å²) in [7, 11) is 0. The van der Waals surface area contributed by atoms with Crippen LogP contribution in [0.3, 0.4) is 0 Å². The van der Waals surface area contributed by atoms with E-state index >= 15 is 0 Å². The number of amides is 2. The predicted octanol–water partition coefficient (Wildman–Crippen LogP) is -0.436. The molecule has 20 heavy (non-hydrogen) atoms. The quantitative estimate of drug-likeness (QED) is 0.362. The number of carbonyl (C=O) groups is 3. The molecule has 0 aliphatic heterocycles. The van der Waals surface area contributed by atoms with Crippen LogP contribution >= 0.6 is 11.3 Å². The van der Waals surface area contributed by atoms with Crippen LogP contribution in [-0.2, 0) is 27.3 Å². The van der Waals surface area contributed by atoms with Gasteiger partial charge in [0.2, 0.25) is 12.3 Å². The van der Waals surface area contributed by atoms with Gasteiger partial charge >= 0.3 is 5.97 Å². The monoisotopic (exact) mass is 300 g/mol. The summed E-state index contributed by atoms with van der Waals surface area (Å²) in [5.41, 5.74) is 0.432. The first-order valence-corrected chi connectivity index (χ1v) is 6.70. The lowest BCUT2D eigenvalue weighted by Crippen LogP contribution is -2.26. The van der Waals surface area contributed by atoms with Crippen LogP contribution in [0.25, 0.3) is 0 Å². The molecule has 1 rings (SSSR count). The zero-order chi connectivity index (χ0) is 15.0. The van der Waals surface area contributed by atoms with Crippen LogP contribution in [0.2, 0.25) is 0 Å². The van der Waals surface area contributed by atoms with Crippen molar-refractivity contribution in [1.29, 1.82) is 0 Å². The van der Waals surface area contributed by atoms with E-state index in [2.05, 4.69) is 20.9 Å². The molecule has 0 aliphatic rings. The molecule has 2 amide bonds. The van der Waals surface area contributed by atoms with E-state index in [4.69, 9.17) is 5.11 Å². The number of hydrogen-bond acceptors (Lipinski definition) is 6. The van der Waals surface area contributed by atoms with Crippen LogP contribution in [-0.4, -0.2) is 41.5 Å². The van der Waals surface area contributed by atoms with E-state index in [0.29, 0.717) is 36.9 Å². The summed E-state index contributed by atoms with van der Waals surface area (Å²) in [5.74, 6) is -1.23. The second kappa shape index (κ2) is 8.23. The fourth-order valence-corrected chi connectivity index (χ4v) is 2.42. The maximum Gasteiger partial charge on any atom is 0.309 e. The molecule has 0 fully saturated rings. The number of hydrogen-bond donors (Lipinski definition) is 4. The maximum absolute atomic E-state index is 11.0. The SMILES string of the molecule is CC(=O)Nc1nc(CC(=O)O)c(CNCCNC=O)s1. The average Bonchev–Trinajstić information content (AvgIpc) is 2.69. The van der Waals surface area contributed by atoms with Crippen molar-refractivity contribution in [2.24, 2.45) is 0 Å². The Bertz CT molecular complexity index is 489. The fraction of sp³-hybridized carbons (Fsp3) is 0.455. The highest BCUT2D eigenvalue weighted by molar-refractivity contribution is 7.15. The fourth-order valence-electron chi connectivity index (χ4n) is 1.43. The van der Waals surface area contributed by atoms with E-state index < -0.39 is 5.97 Å². The van der Waals surface area contributed by atoms with Gasteiger partial charge in [-0.25, -0.2) is 4.98 Å². The largest absolute Gasteiger partial charge is 0.481 e. The number of carboxylic acids is 1. The summed E-state index contributed by atoms with van der Waals surface area (Å²) in [4.78, 5) is 36.7. The van der Waals surface area contributed by atoms with Gasteiger partial charge in [0.15, 0.2) is 5.13 Å². The van der Waals surface area contributed by atoms with Crippen molar-refractivity contribution < 1.29 is 19.5 Å². The van der Waals surface area contributed by atoms with E-state index in [9.17, 15) is 14.4 Å². The summed E-state index contributed by atoms with van der Waals surface area (Å²) >= 11 is 1.23. The van der Waals surface area contributed by atoms with Gasteiger partial charge in [0.25, 0.3) is 0 Å². The minimum Gasteiger partial charge on any atom is -0.481 e. The first-order valence-electron chi connectivity index (χ1n) is 5.88. The van der Waals surface area contributed by atoms with Crippen molar-refractivity contribution in [3.05, 3.63) is 10.6 Å². The minimum atomic E-state index is -0.978. The summed E-state index contributed by atoms with van der Waals surface area (Å²) in [5, 5.41) is 17.3. The second-order valence-electron chi connectivity index (χ2n) is 3.89. The third kappa shape index (κ3) is 5.76. The lowest BCUT2D eigenvalue weighted by Gasteiger charge is -2.03. The van der Waals surface area contributed by atoms with Crippen LogP contribution in [0.5, 0.6) is 0 Å². The highest BCUT2D eigenvalue weighted by Gasteiger charge is 2.14. The first-order chi connectivity index (χ1) is 9.52. The molecule has 0 bridgehead atoms. The molecule has 8 nitrogen and oxygen atoms in total. The van der Waals surface area contributed by atoms with E-state index in [1.165, 1.54) is 18.3 Å². The summed E-state index contributed by atoms with van der Waals surface area (Å²) in [6.45, 7) is 2.83. The standard InChI is InChI=1S/C11H16N4O4S/c1-7(17)14-11-15-8(4-10(18)19)9(20-11)5-12-2-3-13-6-16/h6,12H,2-5H2,1H3,(H,13,16)(H,18,19)(H,14,15,17). The van der Waals surface area contributed by atoms with Crippen LogP contribution in [0.4, 0.5) is 5.13 Å². The van der Waals surface area contributed by atoms with Gasteiger partial charge in [0.05, 0.1) is 12.1 Å². The molecule has 1 aromatic rings. The molecule has 1 heterocycles. The molecule has 0 unspecified atom stereocenters. The third-order valence-corrected chi connectivity index (χ3v) is 3.21. The minimum absolute atomic E-state index is 0.195.